The van der Waals surface area contributed by atoms with Crippen molar-refractivity contribution in [3.05, 3.63) is 0 Å². The number of hydrogen-bond donors (Lipinski definition) is 1. The van der Waals surface area contributed by atoms with E-state index >= 15 is 0 Å². The third kappa shape index (κ3) is 7.50. The molecule has 1 N–H and O–H groups in total. The Morgan fingerprint density at radius 3 is 2.31 bits per heavy atom. The average molecular weight is 240 g/mol. The Morgan fingerprint density at radius 2 is 1.94 bits per heavy atom. The molecule has 0 saturated carbocycles. The van der Waals surface area contributed by atoms with E-state index in [0.717, 1.165) is 4.90 Å². The molecular weight excluding hydrogens is 221 g/mol. The van der Waals surface area contributed by atoms with Crippen molar-refractivity contribution in [2.75, 3.05) is 19.6 Å². The van der Waals surface area contributed by atoms with Crippen molar-refractivity contribution in [1.29, 1.82) is 0 Å². The molecule has 0 aliphatic rings. The number of nitrogens with one attached hydrogen (secondary N) is 1. The van der Waals surface area contributed by atoms with Crippen LogP contribution in [0, 0.1) is 0 Å². The Kier molecular flexibility index (Phi) is 6.40. The van der Waals surface area contributed by atoms with Crippen molar-refractivity contribution in [3.8, 4) is 0 Å². The lowest BCUT2D eigenvalue weighted by Gasteiger charge is -2.22. The van der Waals surface area contributed by atoms with Crippen molar-refractivity contribution < 1.29 is 18.0 Å². The van der Waals surface area contributed by atoms with Gasteiger partial charge in [-0.2, -0.15) is 13.2 Å². The van der Waals surface area contributed by atoms with Crippen LogP contribution in [-0.2, 0) is 4.79 Å². The maximum Gasteiger partial charge on any atom is 0.406 e. The van der Waals surface area contributed by atoms with E-state index in [2.05, 4.69) is 5.32 Å². The highest BCUT2D eigenvalue weighted by Gasteiger charge is 2.31. The lowest BCUT2D eigenvalue weighted by Crippen LogP contribution is -2.40. The molecule has 0 fully saturated rings. The van der Waals surface area contributed by atoms with Crippen LogP contribution < -0.4 is 5.32 Å². The van der Waals surface area contributed by atoms with Crippen LogP contribution in [0.3, 0.4) is 0 Å². The molecule has 0 aromatic rings. The Morgan fingerprint density at radius 1 is 1.38 bits per heavy atom. The molecule has 0 atom stereocenters. The average Bonchev–Trinajstić information content (AvgIpc) is 2.11. The second kappa shape index (κ2) is 6.73. The maximum absolute atomic E-state index is 12.1. The highest BCUT2D eigenvalue weighted by atomic mass is 19.4. The lowest BCUT2D eigenvalue weighted by molar-refractivity contribution is -0.160. The minimum Gasteiger partial charge on any atom is -0.334 e. The van der Waals surface area contributed by atoms with Crippen molar-refractivity contribution in [2.24, 2.45) is 0 Å². The second-order valence-electron chi connectivity index (χ2n) is 3.88. The van der Waals surface area contributed by atoms with Crippen LogP contribution in [0.25, 0.3) is 0 Å². The van der Waals surface area contributed by atoms with Crippen molar-refractivity contribution in [2.45, 2.75) is 39.4 Å². The predicted octanol–water partition coefficient (Wildman–Crippen LogP) is 1.79. The summed E-state index contributed by atoms with van der Waals surface area (Å²) in [5.41, 5.74) is 0. The van der Waals surface area contributed by atoms with Gasteiger partial charge in [0.15, 0.2) is 0 Å². The summed E-state index contributed by atoms with van der Waals surface area (Å²) in [4.78, 5) is 12.2. The van der Waals surface area contributed by atoms with E-state index in [1.165, 1.54) is 0 Å². The van der Waals surface area contributed by atoms with Gasteiger partial charge in [-0.05, 0) is 6.92 Å². The van der Waals surface area contributed by atoms with Gasteiger partial charge < -0.3 is 10.2 Å². The fourth-order valence-electron chi connectivity index (χ4n) is 1.22. The number of amides is 1. The van der Waals surface area contributed by atoms with Gasteiger partial charge in [0.25, 0.3) is 0 Å². The van der Waals surface area contributed by atoms with Crippen LogP contribution in [0.4, 0.5) is 13.2 Å². The summed E-state index contributed by atoms with van der Waals surface area (Å²) in [7, 11) is 0. The van der Waals surface area contributed by atoms with E-state index in [-0.39, 0.29) is 19.0 Å². The van der Waals surface area contributed by atoms with Gasteiger partial charge in [-0.25, -0.2) is 0 Å². The van der Waals surface area contributed by atoms with Crippen molar-refractivity contribution in [1.82, 2.24) is 10.2 Å². The summed E-state index contributed by atoms with van der Waals surface area (Å²) in [5, 5.41) is 2.99. The Hall–Kier alpha value is -0.780. The minimum absolute atomic E-state index is 0.0834. The van der Waals surface area contributed by atoms with E-state index in [4.69, 9.17) is 0 Å². The van der Waals surface area contributed by atoms with Crippen LogP contribution in [0.2, 0.25) is 0 Å². The largest absolute Gasteiger partial charge is 0.406 e. The predicted molar refractivity (Wildman–Crippen MR) is 56.1 cm³/mol. The molecule has 0 aromatic carbocycles. The maximum atomic E-state index is 12.1. The smallest absolute Gasteiger partial charge is 0.334 e. The number of halogens is 3. The molecule has 1 amide bonds. The van der Waals surface area contributed by atoms with E-state index in [1.54, 1.807) is 6.92 Å². The SMILES string of the molecule is CCN(CC(F)(F)F)C(=O)CCNC(C)C. The third-order valence-corrected chi connectivity index (χ3v) is 2.00. The summed E-state index contributed by atoms with van der Waals surface area (Å²) in [6.07, 6.45) is -4.22. The molecule has 0 radical (unpaired) electrons. The van der Waals surface area contributed by atoms with Gasteiger partial charge in [0, 0.05) is 25.6 Å². The monoisotopic (exact) mass is 240 g/mol. The van der Waals surface area contributed by atoms with Gasteiger partial charge in [0.2, 0.25) is 5.91 Å². The van der Waals surface area contributed by atoms with Crippen LogP contribution in [-0.4, -0.2) is 42.7 Å². The molecule has 96 valence electrons. The first-order valence-electron chi connectivity index (χ1n) is 5.34. The van der Waals surface area contributed by atoms with Gasteiger partial charge in [-0.15, -0.1) is 0 Å². The number of carbonyl (C=O) groups excluding carboxylic acids is 1. The van der Waals surface area contributed by atoms with E-state index in [1.807, 2.05) is 13.8 Å². The molecule has 0 aliphatic carbocycles. The molecule has 6 heteroatoms. The summed E-state index contributed by atoms with van der Waals surface area (Å²) >= 11 is 0. The standard InChI is InChI=1S/C10H19F3N2O/c1-4-15(7-10(11,12)13)9(16)5-6-14-8(2)3/h8,14H,4-7H2,1-3H3. The van der Waals surface area contributed by atoms with Gasteiger partial charge >= 0.3 is 6.18 Å². The molecule has 0 aliphatic heterocycles. The van der Waals surface area contributed by atoms with Gasteiger partial charge in [0.05, 0.1) is 0 Å². The van der Waals surface area contributed by atoms with Crippen molar-refractivity contribution in [3.63, 3.8) is 0 Å². The number of carbonyl (C=O) groups is 1. The lowest BCUT2D eigenvalue weighted by atomic mass is 10.3. The van der Waals surface area contributed by atoms with Crippen LogP contribution in [0.1, 0.15) is 27.2 Å². The molecule has 0 rings (SSSR count). The number of hydrogen-bond acceptors (Lipinski definition) is 2. The Bertz CT molecular complexity index is 217. The molecule has 16 heavy (non-hydrogen) atoms. The van der Waals surface area contributed by atoms with E-state index < -0.39 is 18.6 Å². The fraction of sp³-hybridized carbons (Fsp3) is 0.900. The Labute approximate surface area is 94.0 Å². The van der Waals surface area contributed by atoms with Crippen LogP contribution in [0.5, 0.6) is 0 Å². The van der Waals surface area contributed by atoms with E-state index in [0.29, 0.717) is 6.54 Å². The second-order valence-corrected chi connectivity index (χ2v) is 3.88. The molecule has 0 unspecified atom stereocenters. The molecule has 0 heterocycles. The van der Waals surface area contributed by atoms with Crippen LogP contribution in [0.15, 0.2) is 0 Å². The zero-order valence-electron chi connectivity index (χ0n) is 9.90. The van der Waals surface area contributed by atoms with Crippen LogP contribution >= 0.6 is 0 Å². The fourth-order valence-corrected chi connectivity index (χ4v) is 1.22. The first kappa shape index (κ1) is 15.2. The third-order valence-electron chi connectivity index (χ3n) is 2.00. The molecule has 0 saturated heterocycles. The molecule has 0 aromatic heterocycles. The van der Waals surface area contributed by atoms with Crippen molar-refractivity contribution >= 4 is 5.91 Å². The molecular formula is C10H19F3N2O. The quantitative estimate of drug-likeness (QED) is 0.767. The van der Waals surface area contributed by atoms with Gasteiger partial charge in [0.1, 0.15) is 6.54 Å². The van der Waals surface area contributed by atoms with Gasteiger partial charge in [-0.3, -0.25) is 4.79 Å². The topological polar surface area (TPSA) is 32.3 Å². The molecule has 3 nitrogen and oxygen atoms in total. The zero-order chi connectivity index (χ0) is 12.8. The molecule has 0 bridgehead atoms. The highest BCUT2D eigenvalue weighted by molar-refractivity contribution is 5.76. The Balaban J connectivity index is 4.02. The summed E-state index contributed by atoms with van der Waals surface area (Å²) in [6, 6.07) is 0.227. The number of nitrogens with zero attached hydrogens (tertiary/aromatic N) is 1. The normalized spacial score (nSPS) is 11.9. The zero-order valence-corrected chi connectivity index (χ0v) is 9.90. The van der Waals surface area contributed by atoms with Gasteiger partial charge in [-0.1, -0.05) is 13.8 Å². The first-order chi connectivity index (χ1) is 7.26. The van der Waals surface area contributed by atoms with E-state index in [9.17, 15) is 18.0 Å². The summed E-state index contributed by atoms with van der Waals surface area (Å²) < 4.78 is 36.3. The summed E-state index contributed by atoms with van der Waals surface area (Å²) in [6.45, 7) is 4.70. The number of rotatable bonds is 6. The highest BCUT2D eigenvalue weighted by Crippen LogP contribution is 2.16. The first-order valence-corrected chi connectivity index (χ1v) is 5.34. The number of alkyl halides is 3. The minimum atomic E-state index is -4.32. The summed E-state index contributed by atoms with van der Waals surface area (Å²) in [5.74, 6) is -0.465. The molecule has 0 spiro atoms.